The van der Waals surface area contributed by atoms with E-state index in [1.54, 1.807) is 0 Å². The summed E-state index contributed by atoms with van der Waals surface area (Å²) in [6.45, 7) is 4.10. The van der Waals surface area contributed by atoms with Crippen LogP contribution < -0.4 is 5.32 Å². The third-order valence-corrected chi connectivity index (χ3v) is 4.67. The molecular formula is C17H26N2O. The van der Waals surface area contributed by atoms with Gasteiger partial charge in [-0.15, -0.1) is 0 Å². The highest BCUT2D eigenvalue weighted by molar-refractivity contribution is 5.59. The van der Waals surface area contributed by atoms with Crippen LogP contribution in [-0.4, -0.2) is 45.3 Å². The molecule has 1 fully saturated rings. The summed E-state index contributed by atoms with van der Waals surface area (Å²) in [6, 6.07) is 7.07. The molecule has 2 aliphatic rings. The molecule has 0 saturated carbocycles. The lowest BCUT2D eigenvalue weighted by Crippen LogP contribution is -2.17. The van der Waals surface area contributed by atoms with Gasteiger partial charge >= 0.3 is 0 Å². The molecule has 1 N–H and O–H groups in total. The molecule has 20 heavy (non-hydrogen) atoms. The monoisotopic (exact) mass is 274 g/mol. The van der Waals surface area contributed by atoms with Crippen molar-refractivity contribution in [2.75, 3.05) is 45.7 Å². The molecule has 0 aromatic heterocycles. The van der Waals surface area contributed by atoms with Gasteiger partial charge in [0.15, 0.2) is 0 Å². The van der Waals surface area contributed by atoms with Crippen LogP contribution in [0.4, 0.5) is 5.69 Å². The van der Waals surface area contributed by atoms with Gasteiger partial charge in [0, 0.05) is 31.4 Å². The summed E-state index contributed by atoms with van der Waals surface area (Å²) in [7, 11) is 4.31. The first-order chi connectivity index (χ1) is 9.74. The Hall–Kier alpha value is -1.06. The number of fused-ring (bicyclic) bond motifs is 1. The van der Waals surface area contributed by atoms with Gasteiger partial charge in [-0.3, -0.25) is 0 Å². The van der Waals surface area contributed by atoms with Gasteiger partial charge < -0.3 is 15.0 Å². The highest BCUT2D eigenvalue weighted by Gasteiger charge is 2.24. The second-order valence-corrected chi connectivity index (χ2v) is 6.40. The normalized spacial score (nSPS) is 22.9. The minimum Gasteiger partial charge on any atom is -0.384 e. The van der Waals surface area contributed by atoms with Crippen molar-refractivity contribution in [3.8, 4) is 0 Å². The highest BCUT2D eigenvalue weighted by Crippen LogP contribution is 2.37. The molecule has 0 bridgehead atoms. The number of anilines is 1. The maximum Gasteiger partial charge on any atom is 0.0471 e. The van der Waals surface area contributed by atoms with Crippen molar-refractivity contribution in [3.05, 3.63) is 29.3 Å². The van der Waals surface area contributed by atoms with Crippen LogP contribution in [-0.2, 0) is 4.74 Å². The molecule has 1 aromatic carbocycles. The summed E-state index contributed by atoms with van der Waals surface area (Å²) in [5.41, 5.74) is 4.41. The van der Waals surface area contributed by atoms with E-state index < -0.39 is 0 Å². The van der Waals surface area contributed by atoms with Crippen LogP contribution in [0.25, 0.3) is 0 Å². The average molecular weight is 274 g/mol. The first-order valence-electron chi connectivity index (χ1n) is 7.84. The van der Waals surface area contributed by atoms with E-state index in [9.17, 15) is 0 Å². The van der Waals surface area contributed by atoms with E-state index >= 15 is 0 Å². The van der Waals surface area contributed by atoms with Crippen molar-refractivity contribution in [1.29, 1.82) is 0 Å². The quantitative estimate of drug-likeness (QED) is 0.913. The number of hydrogen-bond donors (Lipinski definition) is 1. The molecule has 3 rings (SSSR count). The largest absolute Gasteiger partial charge is 0.384 e. The molecule has 0 spiro atoms. The van der Waals surface area contributed by atoms with Crippen LogP contribution in [0.15, 0.2) is 18.2 Å². The molecule has 3 heteroatoms. The van der Waals surface area contributed by atoms with Crippen molar-refractivity contribution >= 4 is 5.69 Å². The van der Waals surface area contributed by atoms with E-state index in [2.05, 4.69) is 42.5 Å². The molecular weight excluding hydrogens is 248 g/mol. The first-order valence-corrected chi connectivity index (χ1v) is 7.84. The van der Waals surface area contributed by atoms with Crippen LogP contribution in [0.3, 0.4) is 0 Å². The SMILES string of the molecule is CN(C)CCC1CNc2ccc(C3CCOCC3)cc21. The lowest BCUT2D eigenvalue weighted by atomic mass is 9.88. The van der Waals surface area contributed by atoms with Crippen molar-refractivity contribution in [1.82, 2.24) is 4.90 Å². The standard InChI is InChI=1S/C17H26N2O/c1-19(2)8-5-15-12-18-17-4-3-14(11-16(15)17)13-6-9-20-10-7-13/h3-4,11,13,15,18H,5-10,12H2,1-2H3. The van der Waals surface area contributed by atoms with E-state index in [0.717, 1.165) is 26.3 Å². The Kier molecular flexibility index (Phi) is 4.27. The van der Waals surface area contributed by atoms with E-state index in [1.165, 1.54) is 36.1 Å². The summed E-state index contributed by atoms with van der Waals surface area (Å²) in [6.07, 6.45) is 3.59. The second-order valence-electron chi connectivity index (χ2n) is 6.40. The lowest BCUT2D eigenvalue weighted by molar-refractivity contribution is 0.0853. The Balaban J connectivity index is 1.74. The van der Waals surface area contributed by atoms with E-state index in [1.807, 2.05) is 0 Å². The fourth-order valence-electron chi connectivity index (χ4n) is 3.38. The van der Waals surface area contributed by atoms with Crippen LogP contribution in [0.1, 0.15) is 42.2 Å². The molecule has 2 aliphatic heterocycles. The molecule has 3 nitrogen and oxygen atoms in total. The third-order valence-electron chi connectivity index (χ3n) is 4.67. The number of benzene rings is 1. The molecule has 1 saturated heterocycles. The maximum absolute atomic E-state index is 5.48. The number of hydrogen-bond acceptors (Lipinski definition) is 3. The fraction of sp³-hybridized carbons (Fsp3) is 0.647. The molecule has 0 aliphatic carbocycles. The minimum absolute atomic E-state index is 0.673. The Morgan fingerprint density at radius 3 is 2.80 bits per heavy atom. The maximum atomic E-state index is 5.48. The molecule has 110 valence electrons. The first kappa shape index (κ1) is 13.9. The zero-order valence-corrected chi connectivity index (χ0v) is 12.7. The van der Waals surface area contributed by atoms with Gasteiger partial charge in [-0.25, -0.2) is 0 Å². The number of nitrogens with zero attached hydrogens (tertiary/aromatic N) is 1. The predicted molar refractivity (Wildman–Crippen MR) is 83.6 cm³/mol. The van der Waals surface area contributed by atoms with Crippen LogP contribution in [0.2, 0.25) is 0 Å². The lowest BCUT2D eigenvalue weighted by Gasteiger charge is -2.23. The van der Waals surface area contributed by atoms with Gasteiger partial charge in [0.05, 0.1) is 0 Å². The minimum atomic E-state index is 0.673. The predicted octanol–water partition coefficient (Wildman–Crippen LogP) is 3.04. The Morgan fingerprint density at radius 1 is 1.25 bits per heavy atom. The van der Waals surface area contributed by atoms with Gasteiger partial charge in [0.2, 0.25) is 0 Å². The second kappa shape index (κ2) is 6.15. The topological polar surface area (TPSA) is 24.5 Å². The van der Waals surface area contributed by atoms with Crippen molar-refractivity contribution in [3.63, 3.8) is 0 Å². The Morgan fingerprint density at radius 2 is 2.05 bits per heavy atom. The summed E-state index contributed by atoms with van der Waals surface area (Å²) < 4.78 is 5.48. The molecule has 1 unspecified atom stereocenters. The average Bonchev–Trinajstić information content (AvgIpc) is 2.88. The molecule has 1 aromatic rings. The van der Waals surface area contributed by atoms with Gasteiger partial charge in [-0.1, -0.05) is 12.1 Å². The third kappa shape index (κ3) is 2.99. The van der Waals surface area contributed by atoms with Crippen molar-refractivity contribution in [2.45, 2.75) is 31.1 Å². The zero-order valence-electron chi connectivity index (χ0n) is 12.7. The van der Waals surface area contributed by atoms with Gasteiger partial charge in [-0.2, -0.15) is 0 Å². The van der Waals surface area contributed by atoms with Gasteiger partial charge in [0.1, 0.15) is 0 Å². The van der Waals surface area contributed by atoms with Crippen molar-refractivity contribution < 1.29 is 4.74 Å². The van der Waals surface area contributed by atoms with Gasteiger partial charge in [0.25, 0.3) is 0 Å². The fourth-order valence-corrected chi connectivity index (χ4v) is 3.38. The molecule has 1 atom stereocenters. The summed E-state index contributed by atoms with van der Waals surface area (Å²) >= 11 is 0. The van der Waals surface area contributed by atoms with E-state index in [4.69, 9.17) is 4.74 Å². The molecule has 2 heterocycles. The highest BCUT2D eigenvalue weighted by atomic mass is 16.5. The van der Waals surface area contributed by atoms with Crippen molar-refractivity contribution in [2.24, 2.45) is 0 Å². The molecule has 0 amide bonds. The Bertz CT molecular complexity index is 452. The van der Waals surface area contributed by atoms with E-state index in [0.29, 0.717) is 11.8 Å². The summed E-state index contributed by atoms with van der Waals surface area (Å²) in [5.74, 6) is 1.37. The zero-order chi connectivity index (χ0) is 13.9. The van der Waals surface area contributed by atoms with Crippen LogP contribution in [0, 0.1) is 0 Å². The smallest absolute Gasteiger partial charge is 0.0471 e. The number of ether oxygens (including phenoxy) is 1. The summed E-state index contributed by atoms with van der Waals surface area (Å²) in [5, 5.41) is 3.56. The van der Waals surface area contributed by atoms with Crippen LogP contribution >= 0.6 is 0 Å². The van der Waals surface area contributed by atoms with Gasteiger partial charge in [-0.05, 0) is 63.0 Å². The Labute approximate surface area is 122 Å². The van der Waals surface area contributed by atoms with E-state index in [-0.39, 0.29) is 0 Å². The molecule has 0 radical (unpaired) electrons. The van der Waals surface area contributed by atoms with Crippen LogP contribution in [0.5, 0.6) is 0 Å². The summed E-state index contributed by atoms with van der Waals surface area (Å²) in [4.78, 5) is 2.28. The number of rotatable bonds is 4. The number of nitrogens with one attached hydrogen (secondary N) is 1.